The Labute approximate surface area is 121 Å². The van der Waals surface area contributed by atoms with Gasteiger partial charge in [0.1, 0.15) is 0 Å². The molecule has 2 aliphatic carbocycles. The van der Waals surface area contributed by atoms with Crippen molar-refractivity contribution >= 4 is 23.1 Å². The first kappa shape index (κ1) is 14.8. The van der Waals surface area contributed by atoms with Crippen LogP contribution in [0.5, 0.6) is 0 Å². The third kappa shape index (κ3) is 3.68. The van der Waals surface area contributed by atoms with E-state index in [9.17, 15) is 4.79 Å². The lowest BCUT2D eigenvalue weighted by molar-refractivity contribution is -0.126. The average molecular weight is 282 g/mol. The Morgan fingerprint density at radius 3 is 2.21 bits per heavy atom. The van der Waals surface area contributed by atoms with Gasteiger partial charge >= 0.3 is 0 Å². The molecule has 4 heteroatoms. The van der Waals surface area contributed by atoms with Gasteiger partial charge < -0.3 is 11.1 Å². The number of carbonyl (C=O) groups excluding carboxylic acids is 1. The van der Waals surface area contributed by atoms with E-state index in [1.54, 1.807) is 0 Å². The lowest BCUT2D eigenvalue weighted by Crippen LogP contribution is -2.58. The minimum Gasteiger partial charge on any atom is -0.391 e. The quantitative estimate of drug-likeness (QED) is 0.780. The summed E-state index contributed by atoms with van der Waals surface area (Å²) in [4.78, 5) is 12.9. The molecule has 1 atom stereocenters. The molecule has 2 saturated carbocycles. The molecule has 108 valence electrons. The van der Waals surface area contributed by atoms with Crippen LogP contribution in [0.1, 0.15) is 64.7 Å². The number of thiocarbonyl (C=S) groups is 1. The molecule has 0 radical (unpaired) electrons. The Morgan fingerprint density at radius 1 is 1.21 bits per heavy atom. The summed E-state index contributed by atoms with van der Waals surface area (Å²) in [5.41, 5.74) is 5.56. The van der Waals surface area contributed by atoms with Gasteiger partial charge in [0.2, 0.25) is 5.91 Å². The van der Waals surface area contributed by atoms with Crippen molar-refractivity contribution in [3.63, 3.8) is 0 Å². The molecule has 1 unspecified atom stereocenters. The summed E-state index contributed by atoms with van der Waals surface area (Å²) in [7, 11) is 0. The van der Waals surface area contributed by atoms with Gasteiger partial charge in [-0.15, -0.1) is 0 Å². The van der Waals surface area contributed by atoms with Gasteiger partial charge in [-0.05, 0) is 31.6 Å². The van der Waals surface area contributed by atoms with Crippen molar-refractivity contribution in [2.75, 3.05) is 0 Å². The van der Waals surface area contributed by atoms with E-state index in [0.29, 0.717) is 10.9 Å². The van der Waals surface area contributed by atoms with Crippen LogP contribution in [0.3, 0.4) is 0 Å². The SMILES string of the molecule is CC(C(=O)NC1(C(N)=S)CCCCCCC1)C1CC1. The maximum Gasteiger partial charge on any atom is 0.223 e. The summed E-state index contributed by atoms with van der Waals surface area (Å²) in [6.45, 7) is 2.03. The van der Waals surface area contributed by atoms with Crippen molar-refractivity contribution in [3.8, 4) is 0 Å². The molecule has 0 aromatic carbocycles. The minimum atomic E-state index is -0.421. The number of nitrogens with one attached hydrogen (secondary N) is 1. The zero-order valence-corrected chi connectivity index (χ0v) is 12.7. The predicted molar refractivity (Wildman–Crippen MR) is 81.9 cm³/mol. The third-order valence-electron chi connectivity index (χ3n) is 4.78. The van der Waals surface area contributed by atoms with E-state index in [1.807, 2.05) is 6.92 Å². The highest BCUT2D eigenvalue weighted by Gasteiger charge is 2.39. The predicted octanol–water partition coefficient (Wildman–Crippen LogP) is 2.92. The Morgan fingerprint density at radius 2 is 1.74 bits per heavy atom. The zero-order chi connectivity index (χ0) is 13.9. The second-order valence-electron chi connectivity index (χ2n) is 6.33. The van der Waals surface area contributed by atoms with E-state index >= 15 is 0 Å². The van der Waals surface area contributed by atoms with Crippen LogP contribution >= 0.6 is 12.2 Å². The Hall–Kier alpha value is -0.640. The van der Waals surface area contributed by atoms with E-state index in [1.165, 1.54) is 32.1 Å². The normalized spacial score (nSPS) is 24.9. The maximum absolute atomic E-state index is 12.4. The number of rotatable bonds is 4. The molecule has 2 rings (SSSR count). The van der Waals surface area contributed by atoms with Gasteiger partial charge in [-0.1, -0.05) is 51.2 Å². The Balaban J connectivity index is 2.04. The number of hydrogen-bond acceptors (Lipinski definition) is 2. The lowest BCUT2D eigenvalue weighted by Gasteiger charge is -2.36. The molecule has 1 amide bonds. The van der Waals surface area contributed by atoms with Crippen LogP contribution in [0.4, 0.5) is 0 Å². The van der Waals surface area contributed by atoms with Crippen LogP contribution in [0, 0.1) is 11.8 Å². The molecule has 0 bridgehead atoms. The summed E-state index contributed by atoms with van der Waals surface area (Å²) in [6, 6.07) is 0. The Bertz CT molecular complexity index is 344. The van der Waals surface area contributed by atoms with E-state index in [-0.39, 0.29) is 11.8 Å². The van der Waals surface area contributed by atoms with E-state index < -0.39 is 5.54 Å². The van der Waals surface area contributed by atoms with Crippen LogP contribution in [-0.2, 0) is 4.79 Å². The number of nitrogens with two attached hydrogens (primary N) is 1. The number of hydrogen-bond donors (Lipinski definition) is 2. The van der Waals surface area contributed by atoms with Crippen LogP contribution in [-0.4, -0.2) is 16.4 Å². The first-order valence-electron chi connectivity index (χ1n) is 7.67. The maximum atomic E-state index is 12.4. The molecule has 0 aromatic rings. The van der Waals surface area contributed by atoms with E-state index in [2.05, 4.69) is 5.32 Å². The summed E-state index contributed by atoms with van der Waals surface area (Å²) in [6.07, 6.45) is 10.1. The largest absolute Gasteiger partial charge is 0.391 e. The van der Waals surface area contributed by atoms with Crippen LogP contribution < -0.4 is 11.1 Å². The van der Waals surface area contributed by atoms with Crippen LogP contribution in [0.2, 0.25) is 0 Å². The van der Waals surface area contributed by atoms with Crippen molar-refractivity contribution in [3.05, 3.63) is 0 Å². The molecular weight excluding hydrogens is 256 g/mol. The fourth-order valence-corrected chi connectivity index (χ4v) is 3.36. The molecule has 19 heavy (non-hydrogen) atoms. The summed E-state index contributed by atoms with van der Waals surface area (Å²) in [5, 5.41) is 3.22. The minimum absolute atomic E-state index is 0.108. The molecule has 3 N–H and O–H groups in total. The number of amides is 1. The van der Waals surface area contributed by atoms with Crippen molar-refractivity contribution in [2.24, 2.45) is 17.6 Å². The fraction of sp³-hybridized carbons (Fsp3) is 0.867. The summed E-state index contributed by atoms with van der Waals surface area (Å²) < 4.78 is 0. The van der Waals surface area contributed by atoms with Gasteiger partial charge in [0.25, 0.3) is 0 Å². The molecule has 0 aliphatic heterocycles. The molecule has 3 nitrogen and oxygen atoms in total. The molecule has 0 saturated heterocycles. The fourth-order valence-electron chi connectivity index (χ4n) is 3.10. The molecule has 0 aromatic heterocycles. The number of carbonyl (C=O) groups is 1. The standard InChI is InChI=1S/C15H26N2OS/c1-11(12-7-8-12)13(18)17-15(14(16)19)9-5-3-2-4-6-10-15/h11-12H,2-10H2,1H3,(H2,16,19)(H,17,18). The highest BCUT2D eigenvalue weighted by atomic mass is 32.1. The lowest BCUT2D eigenvalue weighted by atomic mass is 9.83. The zero-order valence-electron chi connectivity index (χ0n) is 11.9. The van der Waals surface area contributed by atoms with Gasteiger partial charge in [-0.2, -0.15) is 0 Å². The van der Waals surface area contributed by atoms with Crippen molar-refractivity contribution in [1.82, 2.24) is 5.32 Å². The smallest absolute Gasteiger partial charge is 0.223 e. The van der Waals surface area contributed by atoms with Gasteiger partial charge in [0, 0.05) is 5.92 Å². The van der Waals surface area contributed by atoms with Crippen molar-refractivity contribution < 1.29 is 4.79 Å². The highest BCUT2D eigenvalue weighted by Crippen LogP contribution is 2.37. The Kier molecular flexibility index (Phi) is 4.82. The average Bonchev–Trinajstić information content (AvgIpc) is 3.15. The van der Waals surface area contributed by atoms with Crippen molar-refractivity contribution in [1.29, 1.82) is 0 Å². The second kappa shape index (κ2) is 6.21. The summed E-state index contributed by atoms with van der Waals surface area (Å²) in [5.74, 6) is 0.837. The van der Waals surface area contributed by atoms with Gasteiger partial charge in [0.05, 0.1) is 10.5 Å². The van der Waals surface area contributed by atoms with Crippen LogP contribution in [0.15, 0.2) is 0 Å². The van der Waals surface area contributed by atoms with Crippen molar-refractivity contribution in [2.45, 2.75) is 70.3 Å². The van der Waals surface area contributed by atoms with E-state index in [0.717, 1.165) is 25.7 Å². The third-order valence-corrected chi connectivity index (χ3v) is 5.17. The van der Waals surface area contributed by atoms with Crippen LogP contribution in [0.25, 0.3) is 0 Å². The molecule has 0 heterocycles. The molecule has 2 aliphatic rings. The first-order valence-corrected chi connectivity index (χ1v) is 8.08. The second-order valence-corrected chi connectivity index (χ2v) is 6.77. The van der Waals surface area contributed by atoms with Gasteiger partial charge in [0.15, 0.2) is 0 Å². The monoisotopic (exact) mass is 282 g/mol. The molecule has 2 fully saturated rings. The van der Waals surface area contributed by atoms with Gasteiger partial charge in [-0.3, -0.25) is 4.79 Å². The van der Waals surface area contributed by atoms with Gasteiger partial charge in [-0.25, -0.2) is 0 Å². The molecule has 0 spiro atoms. The first-order chi connectivity index (χ1) is 9.05. The topological polar surface area (TPSA) is 55.1 Å². The summed E-state index contributed by atoms with van der Waals surface area (Å²) >= 11 is 5.28. The molecular formula is C15H26N2OS. The van der Waals surface area contributed by atoms with E-state index in [4.69, 9.17) is 18.0 Å². The highest BCUT2D eigenvalue weighted by molar-refractivity contribution is 7.80.